The van der Waals surface area contributed by atoms with Crippen LogP contribution in [0.15, 0.2) is 53.0 Å². The Hall–Kier alpha value is -1.54. The van der Waals surface area contributed by atoms with Gasteiger partial charge < -0.3 is 0 Å². The fraction of sp³-hybridized carbons (Fsp3) is 0.350. The van der Waals surface area contributed by atoms with E-state index in [0.717, 1.165) is 23.1 Å². The first-order valence-electron chi connectivity index (χ1n) is 7.62. The first-order chi connectivity index (χ1) is 10.3. The first kappa shape index (κ1) is 18.5. The molecule has 0 aromatic heterocycles. The van der Waals surface area contributed by atoms with Crippen LogP contribution in [0.4, 0.5) is 0 Å². The van der Waals surface area contributed by atoms with Crippen LogP contribution in [0.2, 0.25) is 0 Å². The first-order valence-corrected chi connectivity index (χ1v) is 8.13. The van der Waals surface area contributed by atoms with Gasteiger partial charge in [-0.15, -0.1) is 0 Å². The van der Waals surface area contributed by atoms with Crippen molar-refractivity contribution in [1.82, 2.24) is 0 Å². The van der Waals surface area contributed by atoms with Gasteiger partial charge in [-0.1, -0.05) is 61.4 Å². The minimum atomic E-state index is 0.392. The zero-order valence-corrected chi connectivity index (χ0v) is 15.2. The lowest BCUT2D eigenvalue weighted by molar-refractivity contribution is 0.861. The zero-order chi connectivity index (χ0) is 16.9. The highest BCUT2D eigenvalue weighted by molar-refractivity contribution is 7.83. The number of rotatable bonds is 6. The highest BCUT2D eigenvalue weighted by atomic mass is 32.1. The zero-order valence-electron chi connectivity index (χ0n) is 14.3. The molecule has 1 aromatic carbocycles. The van der Waals surface area contributed by atoms with Crippen molar-refractivity contribution in [3.05, 3.63) is 69.7 Å². The molecule has 0 radical (unpaired) electrons. The molecule has 0 heterocycles. The summed E-state index contributed by atoms with van der Waals surface area (Å²) in [6.45, 7) is 14.4. The Balaban J connectivity index is 3.16. The van der Waals surface area contributed by atoms with Gasteiger partial charge in [0.1, 0.15) is 0 Å². The average molecular weight is 314 g/mol. The van der Waals surface area contributed by atoms with Crippen LogP contribution in [-0.2, 0) is 0 Å². The second-order valence-electron chi connectivity index (χ2n) is 6.29. The van der Waals surface area contributed by atoms with Crippen LogP contribution in [-0.4, -0.2) is 5.71 Å². The van der Waals surface area contributed by atoms with E-state index < -0.39 is 0 Å². The van der Waals surface area contributed by atoms with Gasteiger partial charge in [0.2, 0.25) is 0 Å². The molecule has 1 aromatic rings. The highest BCUT2D eigenvalue weighted by Crippen LogP contribution is 2.26. The SMILES string of the molecule is C=C(C)/C=C(\C)C/C(=C/S)C(=N)c1ccc(C)cc1C(C)C. The predicted octanol–water partition coefficient (Wildman–Crippen LogP) is 6.21. The molecule has 0 spiro atoms. The molecular formula is C20H27NS. The average Bonchev–Trinajstić information content (AvgIpc) is 2.43. The Kier molecular flexibility index (Phi) is 6.89. The van der Waals surface area contributed by atoms with E-state index in [0.29, 0.717) is 11.6 Å². The van der Waals surface area contributed by atoms with Crippen LogP contribution in [0.5, 0.6) is 0 Å². The van der Waals surface area contributed by atoms with Crippen LogP contribution in [0, 0.1) is 12.3 Å². The molecule has 2 heteroatoms. The van der Waals surface area contributed by atoms with E-state index in [1.165, 1.54) is 16.7 Å². The number of nitrogens with one attached hydrogen (secondary N) is 1. The second-order valence-corrected chi connectivity index (χ2v) is 6.55. The fourth-order valence-electron chi connectivity index (χ4n) is 2.53. The van der Waals surface area contributed by atoms with E-state index in [2.05, 4.69) is 71.2 Å². The maximum Gasteiger partial charge on any atom is 0.0655 e. The molecule has 0 bridgehead atoms. The van der Waals surface area contributed by atoms with Crippen LogP contribution >= 0.6 is 12.6 Å². The molecule has 0 saturated carbocycles. The van der Waals surface area contributed by atoms with E-state index in [1.807, 2.05) is 6.92 Å². The molecule has 1 N–H and O–H groups in total. The van der Waals surface area contributed by atoms with Gasteiger partial charge >= 0.3 is 0 Å². The summed E-state index contributed by atoms with van der Waals surface area (Å²) in [5, 5.41) is 10.4. The lowest BCUT2D eigenvalue weighted by Crippen LogP contribution is -2.09. The van der Waals surface area contributed by atoms with Crippen LogP contribution in [0.25, 0.3) is 0 Å². The van der Waals surface area contributed by atoms with Crippen molar-refractivity contribution in [2.45, 2.75) is 47.0 Å². The summed E-state index contributed by atoms with van der Waals surface area (Å²) in [5.41, 5.74) is 7.17. The van der Waals surface area contributed by atoms with E-state index in [4.69, 9.17) is 5.41 Å². The molecular weight excluding hydrogens is 286 g/mol. The monoisotopic (exact) mass is 313 g/mol. The van der Waals surface area contributed by atoms with Crippen molar-refractivity contribution >= 4 is 18.3 Å². The lowest BCUT2D eigenvalue weighted by Gasteiger charge is -2.17. The third kappa shape index (κ3) is 5.03. The van der Waals surface area contributed by atoms with Gasteiger partial charge in [-0.05, 0) is 49.7 Å². The molecule has 118 valence electrons. The number of hydrogen-bond acceptors (Lipinski definition) is 2. The normalized spacial score (nSPS) is 12.7. The number of aryl methyl sites for hydroxylation is 1. The molecule has 0 amide bonds. The summed E-state index contributed by atoms with van der Waals surface area (Å²) in [6, 6.07) is 6.31. The van der Waals surface area contributed by atoms with E-state index in [9.17, 15) is 0 Å². The van der Waals surface area contributed by atoms with Gasteiger partial charge in [0, 0.05) is 5.56 Å². The second kappa shape index (κ2) is 8.19. The topological polar surface area (TPSA) is 23.9 Å². The van der Waals surface area contributed by atoms with Gasteiger partial charge in [-0.3, -0.25) is 5.41 Å². The molecule has 1 nitrogen and oxygen atoms in total. The fourth-order valence-corrected chi connectivity index (χ4v) is 2.75. The van der Waals surface area contributed by atoms with Crippen molar-refractivity contribution in [3.63, 3.8) is 0 Å². The molecule has 0 unspecified atom stereocenters. The standard InChI is InChI=1S/C20H27NS/c1-13(2)9-16(6)10-17(12-22)20(21)18-8-7-15(5)11-19(18)14(3)4/h7-9,11-12,14,21-22H,1,10H2,2-6H3/b16-9+,17-12-,21-20?. The summed E-state index contributed by atoms with van der Waals surface area (Å²) in [7, 11) is 0. The van der Waals surface area contributed by atoms with Crippen molar-refractivity contribution < 1.29 is 0 Å². The molecule has 0 atom stereocenters. The van der Waals surface area contributed by atoms with Gasteiger partial charge in [-0.2, -0.15) is 12.6 Å². The van der Waals surface area contributed by atoms with Crippen molar-refractivity contribution in [3.8, 4) is 0 Å². The van der Waals surface area contributed by atoms with Crippen molar-refractivity contribution in [2.24, 2.45) is 0 Å². The maximum atomic E-state index is 8.60. The van der Waals surface area contributed by atoms with Crippen molar-refractivity contribution in [1.29, 1.82) is 5.41 Å². The highest BCUT2D eigenvalue weighted by Gasteiger charge is 2.14. The molecule has 0 fully saturated rings. The summed E-state index contributed by atoms with van der Waals surface area (Å²) >= 11 is 4.32. The number of hydrogen-bond donors (Lipinski definition) is 2. The lowest BCUT2D eigenvalue weighted by atomic mass is 9.89. The predicted molar refractivity (Wildman–Crippen MR) is 102 cm³/mol. The number of benzene rings is 1. The maximum absolute atomic E-state index is 8.60. The van der Waals surface area contributed by atoms with Crippen LogP contribution in [0.1, 0.15) is 56.7 Å². The summed E-state index contributed by atoms with van der Waals surface area (Å²) in [5.74, 6) is 0.392. The van der Waals surface area contributed by atoms with Crippen LogP contribution < -0.4 is 0 Å². The summed E-state index contributed by atoms with van der Waals surface area (Å²) in [6.07, 6.45) is 2.78. The Morgan fingerprint density at radius 3 is 2.45 bits per heavy atom. The number of thiol groups is 1. The van der Waals surface area contributed by atoms with Crippen LogP contribution in [0.3, 0.4) is 0 Å². The third-order valence-electron chi connectivity index (χ3n) is 3.54. The summed E-state index contributed by atoms with van der Waals surface area (Å²) in [4.78, 5) is 0. The van der Waals surface area contributed by atoms with Gasteiger partial charge in [0.15, 0.2) is 0 Å². The number of allylic oxidation sites excluding steroid dienone is 4. The largest absolute Gasteiger partial charge is 0.300 e. The van der Waals surface area contributed by atoms with Crippen molar-refractivity contribution in [2.75, 3.05) is 0 Å². The Morgan fingerprint density at radius 2 is 1.95 bits per heavy atom. The Bertz CT molecular complexity index is 633. The smallest absolute Gasteiger partial charge is 0.0655 e. The molecule has 0 aliphatic heterocycles. The minimum absolute atomic E-state index is 0.392. The van der Waals surface area contributed by atoms with E-state index >= 15 is 0 Å². The van der Waals surface area contributed by atoms with Gasteiger partial charge in [-0.25, -0.2) is 0 Å². The molecule has 0 aliphatic carbocycles. The van der Waals surface area contributed by atoms with E-state index in [1.54, 1.807) is 5.41 Å². The molecule has 1 rings (SSSR count). The molecule has 0 aliphatic rings. The molecule has 0 saturated heterocycles. The molecule has 22 heavy (non-hydrogen) atoms. The summed E-state index contributed by atoms with van der Waals surface area (Å²) < 4.78 is 0. The Morgan fingerprint density at radius 1 is 1.32 bits per heavy atom. The third-order valence-corrected chi connectivity index (χ3v) is 3.85. The Labute approximate surface area is 140 Å². The quantitative estimate of drug-likeness (QED) is 0.354. The minimum Gasteiger partial charge on any atom is -0.300 e. The van der Waals surface area contributed by atoms with Gasteiger partial charge in [0.05, 0.1) is 5.71 Å². The van der Waals surface area contributed by atoms with E-state index in [-0.39, 0.29) is 0 Å². The van der Waals surface area contributed by atoms with Gasteiger partial charge in [0.25, 0.3) is 0 Å².